The predicted octanol–water partition coefficient (Wildman–Crippen LogP) is 3.46. The summed E-state index contributed by atoms with van der Waals surface area (Å²) in [7, 11) is 0. The van der Waals surface area contributed by atoms with E-state index in [9.17, 15) is 4.79 Å². The van der Waals surface area contributed by atoms with Gasteiger partial charge in [0.25, 0.3) is 5.91 Å². The molecule has 2 heterocycles. The van der Waals surface area contributed by atoms with Crippen LogP contribution < -0.4 is 0 Å². The summed E-state index contributed by atoms with van der Waals surface area (Å²) in [6.45, 7) is 3.22. The summed E-state index contributed by atoms with van der Waals surface area (Å²) >= 11 is 6.09. The molecule has 1 atom stereocenters. The molecule has 1 aliphatic heterocycles. The molecule has 5 heteroatoms. The molecule has 0 aliphatic carbocycles. The standard InChI is InChI=1S/C17H18ClN3O/c1-12-19-10-15(18)16(20-12)17(22)21-9-5-8-14(11-21)13-6-3-2-4-7-13/h2-4,6-7,10,14H,5,8-9,11H2,1H3. The van der Waals surface area contributed by atoms with Gasteiger partial charge in [-0.15, -0.1) is 0 Å². The molecule has 3 rings (SSSR count). The predicted molar refractivity (Wildman–Crippen MR) is 86.1 cm³/mol. The largest absolute Gasteiger partial charge is 0.337 e. The lowest BCUT2D eigenvalue weighted by Gasteiger charge is -2.33. The lowest BCUT2D eigenvalue weighted by atomic mass is 9.90. The molecule has 2 aromatic rings. The Hall–Kier alpha value is -1.94. The van der Waals surface area contributed by atoms with E-state index in [1.54, 1.807) is 6.92 Å². The maximum atomic E-state index is 12.7. The van der Waals surface area contributed by atoms with Gasteiger partial charge in [-0.3, -0.25) is 4.79 Å². The van der Waals surface area contributed by atoms with Crippen LogP contribution >= 0.6 is 11.6 Å². The van der Waals surface area contributed by atoms with Crippen LogP contribution in [0.25, 0.3) is 0 Å². The van der Waals surface area contributed by atoms with Gasteiger partial charge in [0.05, 0.1) is 11.2 Å². The first-order valence-electron chi connectivity index (χ1n) is 7.48. The third-order valence-electron chi connectivity index (χ3n) is 4.05. The second-order valence-electron chi connectivity index (χ2n) is 5.61. The number of likely N-dealkylation sites (tertiary alicyclic amines) is 1. The number of rotatable bonds is 2. The zero-order valence-electron chi connectivity index (χ0n) is 12.5. The van der Waals surface area contributed by atoms with Crippen molar-refractivity contribution in [2.24, 2.45) is 0 Å². The van der Waals surface area contributed by atoms with Crippen molar-refractivity contribution in [1.29, 1.82) is 0 Å². The highest BCUT2D eigenvalue weighted by Crippen LogP contribution is 2.28. The lowest BCUT2D eigenvalue weighted by Crippen LogP contribution is -2.39. The first-order valence-corrected chi connectivity index (χ1v) is 7.86. The number of carbonyl (C=O) groups excluding carboxylic acids is 1. The van der Waals surface area contributed by atoms with Gasteiger partial charge >= 0.3 is 0 Å². The van der Waals surface area contributed by atoms with Crippen LogP contribution in [0.2, 0.25) is 5.02 Å². The zero-order chi connectivity index (χ0) is 15.5. The van der Waals surface area contributed by atoms with Crippen LogP contribution in [0.3, 0.4) is 0 Å². The number of amides is 1. The molecular formula is C17H18ClN3O. The Morgan fingerprint density at radius 1 is 1.32 bits per heavy atom. The van der Waals surface area contributed by atoms with Crippen LogP contribution in [0.15, 0.2) is 36.5 Å². The van der Waals surface area contributed by atoms with E-state index in [-0.39, 0.29) is 5.91 Å². The topological polar surface area (TPSA) is 46.1 Å². The van der Waals surface area contributed by atoms with Gasteiger partial charge in [0.15, 0.2) is 5.69 Å². The molecule has 22 heavy (non-hydrogen) atoms. The van der Waals surface area contributed by atoms with E-state index in [1.807, 2.05) is 23.1 Å². The molecule has 1 unspecified atom stereocenters. The van der Waals surface area contributed by atoms with Gasteiger partial charge in [-0.2, -0.15) is 0 Å². The highest BCUT2D eigenvalue weighted by atomic mass is 35.5. The van der Waals surface area contributed by atoms with Crippen molar-refractivity contribution in [2.45, 2.75) is 25.7 Å². The Labute approximate surface area is 135 Å². The second kappa shape index (κ2) is 6.44. The van der Waals surface area contributed by atoms with E-state index in [4.69, 9.17) is 11.6 Å². The first-order chi connectivity index (χ1) is 10.6. The highest BCUT2D eigenvalue weighted by molar-refractivity contribution is 6.33. The number of hydrogen-bond acceptors (Lipinski definition) is 3. The van der Waals surface area contributed by atoms with E-state index < -0.39 is 0 Å². The number of benzene rings is 1. The molecule has 0 N–H and O–H groups in total. The molecule has 0 radical (unpaired) electrons. The lowest BCUT2D eigenvalue weighted by molar-refractivity contribution is 0.0701. The molecule has 1 aliphatic rings. The molecular weight excluding hydrogens is 298 g/mol. The molecule has 0 bridgehead atoms. The fraction of sp³-hybridized carbons (Fsp3) is 0.353. The molecule has 1 amide bonds. The Bertz CT molecular complexity index is 675. The van der Waals surface area contributed by atoms with E-state index >= 15 is 0 Å². The summed E-state index contributed by atoms with van der Waals surface area (Å²) in [5.74, 6) is 0.834. The molecule has 1 saturated heterocycles. The quantitative estimate of drug-likeness (QED) is 0.852. The van der Waals surface area contributed by atoms with Crippen LogP contribution in [0.4, 0.5) is 0 Å². The summed E-state index contributed by atoms with van der Waals surface area (Å²) in [5, 5.41) is 0.317. The normalized spacial score (nSPS) is 18.3. The molecule has 1 aromatic heterocycles. The SMILES string of the molecule is Cc1ncc(Cl)c(C(=O)N2CCCC(c3ccccc3)C2)n1. The van der Waals surface area contributed by atoms with E-state index in [0.717, 1.165) is 19.4 Å². The minimum absolute atomic E-state index is 0.101. The molecule has 0 spiro atoms. The minimum atomic E-state index is -0.101. The van der Waals surface area contributed by atoms with Crippen molar-refractivity contribution in [3.8, 4) is 0 Å². The van der Waals surface area contributed by atoms with E-state index in [2.05, 4.69) is 22.1 Å². The van der Waals surface area contributed by atoms with E-state index in [1.165, 1.54) is 11.8 Å². The second-order valence-corrected chi connectivity index (χ2v) is 6.02. The molecule has 1 fully saturated rings. The van der Waals surface area contributed by atoms with Crippen LogP contribution in [0.1, 0.15) is 40.6 Å². The maximum absolute atomic E-state index is 12.7. The number of nitrogens with zero attached hydrogens (tertiary/aromatic N) is 3. The van der Waals surface area contributed by atoms with Crippen molar-refractivity contribution in [3.05, 3.63) is 58.6 Å². The number of piperidine rings is 1. The molecule has 114 valence electrons. The van der Waals surface area contributed by atoms with Crippen LogP contribution in [-0.2, 0) is 0 Å². The Kier molecular flexibility index (Phi) is 4.39. The van der Waals surface area contributed by atoms with Gasteiger partial charge in [0, 0.05) is 19.0 Å². The third kappa shape index (κ3) is 3.12. The number of aromatic nitrogens is 2. The highest BCUT2D eigenvalue weighted by Gasteiger charge is 2.27. The number of aryl methyl sites for hydroxylation is 1. The zero-order valence-corrected chi connectivity index (χ0v) is 13.3. The Balaban J connectivity index is 1.80. The van der Waals surface area contributed by atoms with Gasteiger partial charge in [-0.05, 0) is 25.3 Å². The minimum Gasteiger partial charge on any atom is -0.337 e. The first kappa shape index (κ1) is 15.0. The molecule has 0 saturated carbocycles. The average molecular weight is 316 g/mol. The van der Waals surface area contributed by atoms with Crippen molar-refractivity contribution >= 4 is 17.5 Å². The summed E-state index contributed by atoms with van der Waals surface area (Å²) in [6, 6.07) is 10.3. The Morgan fingerprint density at radius 3 is 2.86 bits per heavy atom. The Morgan fingerprint density at radius 2 is 2.09 bits per heavy atom. The van der Waals surface area contributed by atoms with E-state index in [0.29, 0.717) is 29.0 Å². The molecule has 4 nitrogen and oxygen atoms in total. The third-order valence-corrected chi connectivity index (χ3v) is 4.32. The summed E-state index contributed by atoms with van der Waals surface area (Å²) < 4.78 is 0. The van der Waals surface area contributed by atoms with Gasteiger partial charge in [0.2, 0.25) is 0 Å². The summed E-state index contributed by atoms with van der Waals surface area (Å²) in [6.07, 6.45) is 3.59. The number of carbonyl (C=O) groups is 1. The smallest absolute Gasteiger partial charge is 0.274 e. The average Bonchev–Trinajstić information content (AvgIpc) is 2.57. The fourth-order valence-corrected chi connectivity index (χ4v) is 3.09. The number of hydrogen-bond donors (Lipinski definition) is 0. The van der Waals surface area contributed by atoms with Gasteiger partial charge < -0.3 is 4.90 Å². The van der Waals surface area contributed by atoms with Gasteiger partial charge in [0.1, 0.15) is 5.82 Å². The summed E-state index contributed by atoms with van der Waals surface area (Å²) in [4.78, 5) is 22.8. The van der Waals surface area contributed by atoms with Crippen molar-refractivity contribution < 1.29 is 4.79 Å². The van der Waals surface area contributed by atoms with Gasteiger partial charge in [-0.25, -0.2) is 9.97 Å². The number of halogens is 1. The van der Waals surface area contributed by atoms with Crippen LogP contribution in [-0.4, -0.2) is 33.9 Å². The van der Waals surface area contributed by atoms with Crippen molar-refractivity contribution in [2.75, 3.05) is 13.1 Å². The molecule has 1 aromatic carbocycles. The monoisotopic (exact) mass is 315 g/mol. The summed E-state index contributed by atoms with van der Waals surface area (Å²) in [5.41, 5.74) is 1.59. The van der Waals surface area contributed by atoms with Crippen LogP contribution in [0, 0.1) is 6.92 Å². The maximum Gasteiger partial charge on any atom is 0.274 e. The fourth-order valence-electron chi connectivity index (χ4n) is 2.91. The van der Waals surface area contributed by atoms with Crippen LogP contribution in [0.5, 0.6) is 0 Å². The van der Waals surface area contributed by atoms with Crippen molar-refractivity contribution in [1.82, 2.24) is 14.9 Å². The van der Waals surface area contributed by atoms with Gasteiger partial charge in [-0.1, -0.05) is 41.9 Å². The van der Waals surface area contributed by atoms with Crippen molar-refractivity contribution in [3.63, 3.8) is 0 Å².